The van der Waals surface area contributed by atoms with Crippen LogP contribution in [0.4, 0.5) is 0 Å². The summed E-state index contributed by atoms with van der Waals surface area (Å²) in [4.78, 5) is 22.2. The molecule has 0 spiro atoms. The Bertz CT molecular complexity index is 951. The number of benzene rings is 1. The number of amides is 1. The first kappa shape index (κ1) is 20.0. The minimum atomic E-state index is 0.0171. The molecule has 0 N–H and O–H groups in total. The van der Waals surface area contributed by atoms with Crippen molar-refractivity contribution in [3.63, 3.8) is 0 Å². The molecule has 0 saturated carbocycles. The zero-order chi connectivity index (χ0) is 20.8. The van der Waals surface area contributed by atoms with Crippen molar-refractivity contribution in [2.24, 2.45) is 7.05 Å². The quantitative estimate of drug-likeness (QED) is 0.578. The number of hydrogen-bond donors (Lipinski definition) is 0. The Morgan fingerprint density at radius 2 is 1.77 bits per heavy atom. The van der Waals surface area contributed by atoms with E-state index in [2.05, 4.69) is 25.3 Å². The van der Waals surface area contributed by atoms with Crippen LogP contribution in [0.3, 0.4) is 0 Å². The van der Waals surface area contributed by atoms with Gasteiger partial charge in [0, 0.05) is 50.7 Å². The van der Waals surface area contributed by atoms with Gasteiger partial charge in [0.25, 0.3) is 5.91 Å². The summed E-state index contributed by atoms with van der Waals surface area (Å²) in [5.41, 5.74) is 2.14. The molecule has 4 rings (SSSR count). The lowest BCUT2D eigenvalue weighted by atomic mass is 10.2. The highest BCUT2D eigenvalue weighted by molar-refractivity contribution is 5.78. The van der Waals surface area contributed by atoms with E-state index in [-0.39, 0.29) is 12.5 Å². The van der Waals surface area contributed by atoms with E-state index in [4.69, 9.17) is 4.74 Å². The van der Waals surface area contributed by atoms with E-state index >= 15 is 0 Å². The molecule has 1 saturated heterocycles. The molecule has 156 valence electrons. The van der Waals surface area contributed by atoms with Crippen molar-refractivity contribution in [3.8, 4) is 17.1 Å². The lowest BCUT2D eigenvalue weighted by Gasteiger charge is -2.34. The maximum Gasteiger partial charge on any atom is 0.260 e. The molecule has 1 aromatic carbocycles. The van der Waals surface area contributed by atoms with E-state index in [9.17, 15) is 4.79 Å². The highest BCUT2D eigenvalue weighted by atomic mass is 16.5. The number of pyridine rings is 1. The molecule has 3 aromatic rings. The van der Waals surface area contributed by atoms with Crippen molar-refractivity contribution in [2.45, 2.75) is 6.42 Å². The molecule has 1 aliphatic rings. The van der Waals surface area contributed by atoms with Gasteiger partial charge in [-0.25, -0.2) is 0 Å². The van der Waals surface area contributed by atoms with Crippen LogP contribution >= 0.6 is 0 Å². The molecule has 1 fully saturated rings. The molecule has 2 aromatic heterocycles. The van der Waals surface area contributed by atoms with Gasteiger partial charge >= 0.3 is 0 Å². The number of hydrogen-bond acceptors (Lipinski definition) is 7. The van der Waals surface area contributed by atoms with Gasteiger partial charge in [0.05, 0.1) is 7.05 Å². The van der Waals surface area contributed by atoms with Crippen LogP contribution in [0.15, 0.2) is 48.8 Å². The first-order chi connectivity index (χ1) is 14.7. The summed E-state index contributed by atoms with van der Waals surface area (Å²) in [6.45, 7) is 4.27. The summed E-state index contributed by atoms with van der Waals surface area (Å²) in [6, 6.07) is 11.4. The predicted octanol–water partition coefficient (Wildman–Crippen LogP) is 1.04. The van der Waals surface area contributed by atoms with E-state index < -0.39 is 0 Å². The Morgan fingerprint density at radius 3 is 2.43 bits per heavy atom. The molecule has 3 heterocycles. The summed E-state index contributed by atoms with van der Waals surface area (Å²) >= 11 is 0. The fraction of sp³-hybridized carbons (Fsp3) is 0.381. The van der Waals surface area contributed by atoms with Gasteiger partial charge in [0.15, 0.2) is 6.61 Å². The number of nitrogens with zero attached hydrogens (tertiary/aromatic N) is 7. The first-order valence-electron chi connectivity index (χ1n) is 10.0. The maximum atomic E-state index is 12.5. The maximum absolute atomic E-state index is 12.5. The van der Waals surface area contributed by atoms with Crippen LogP contribution in [-0.2, 0) is 18.3 Å². The number of tetrazole rings is 1. The largest absolute Gasteiger partial charge is 0.484 e. The fourth-order valence-electron chi connectivity index (χ4n) is 3.39. The molecule has 0 aliphatic carbocycles. The molecular weight excluding hydrogens is 382 g/mol. The Morgan fingerprint density at radius 1 is 1.03 bits per heavy atom. The zero-order valence-corrected chi connectivity index (χ0v) is 17.0. The Hall–Kier alpha value is -3.33. The summed E-state index contributed by atoms with van der Waals surface area (Å²) in [5, 5.41) is 12.0. The lowest BCUT2D eigenvalue weighted by Crippen LogP contribution is -2.50. The van der Waals surface area contributed by atoms with Gasteiger partial charge in [-0.3, -0.25) is 14.7 Å². The molecule has 1 amide bonds. The Labute approximate surface area is 175 Å². The molecular formula is C21H25N7O2. The van der Waals surface area contributed by atoms with Crippen molar-refractivity contribution in [1.82, 2.24) is 35.0 Å². The number of carbonyl (C=O) groups is 1. The van der Waals surface area contributed by atoms with Gasteiger partial charge in [-0.2, -0.15) is 4.80 Å². The summed E-state index contributed by atoms with van der Waals surface area (Å²) < 4.78 is 5.68. The average molecular weight is 407 g/mol. The number of aromatic nitrogens is 5. The lowest BCUT2D eigenvalue weighted by molar-refractivity contribution is -0.135. The van der Waals surface area contributed by atoms with E-state index in [0.29, 0.717) is 11.6 Å². The topological polar surface area (TPSA) is 89.3 Å². The Balaban J connectivity index is 1.19. The van der Waals surface area contributed by atoms with E-state index in [0.717, 1.165) is 44.7 Å². The molecule has 0 radical (unpaired) electrons. The second-order valence-electron chi connectivity index (χ2n) is 7.24. The normalized spacial score (nSPS) is 14.6. The molecule has 1 aliphatic heterocycles. The molecule has 9 heteroatoms. The second kappa shape index (κ2) is 9.45. The third-order valence-electron chi connectivity index (χ3n) is 5.17. The standard InChI is InChI=1S/C21H25N7O2/c1-26-24-21(23-25-26)18-2-4-19(5-3-18)30-16-20(29)28-14-12-27(13-15-28)11-8-17-6-9-22-10-7-17/h2-7,9-10H,8,11-16H2,1H3. The van der Waals surface area contributed by atoms with Crippen LogP contribution in [0.2, 0.25) is 0 Å². The van der Waals surface area contributed by atoms with Crippen LogP contribution in [0.25, 0.3) is 11.4 Å². The van der Waals surface area contributed by atoms with E-state index in [1.807, 2.05) is 53.7 Å². The third kappa shape index (κ3) is 5.18. The minimum absolute atomic E-state index is 0.0171. The van der Waals surface area contributed by atoms with Gasteiger partial charge in [-0.1, -0.05) is 0 Å². The molecule has 9 nitrogen and oxygen atoms in total. The van der Waals surface area contributed by atoms with Gasteiger partial charge < -0.3 is 9.64 Å². The number of ether oxygens (including phenoxy) is 1. The monoisotopic (exact) mass is 407 g/mol. The number of rotatable bonds is 7. The van der Waals surface area contributed by atoms with Crippen LogP contribution in [-0.4, -0.2) is 80.2 Å². The van der Waals surface area contributed by atoms with Gasteiger partial charge in [-0.15, -0.1) is 10.2 Å². The molecule has 30 heavy (non-hydrogen) atoms. The van der Waals surface area contributed by atoms with Crippen LogP contribution in [0.5, 0.6) is 5.75 Å². The number of aryl methyl sites for hydroxylation is 1. The SMILES string of the molecule is Cn1nnc(-c2ccc(OCC(=O)N3CCN(CCc4ccncc4)CC3)cc2)n1. The first-order valence-corrected chi connectivity index (χ1v) is 10.0. The molecule has 0 bridgehead atoms. The van der Waals surface area contributed by atoms with Gasteiger partial charge in [-0.05, 0) is 53.6 Å². The van der Waals surface area contributed by atoms with Gasteiger partial charge in [0.1, 0.15) is 5.75 Å². The van der Waals surface area contributed by atoms with Crippen molar-refractivity contribution in [2.75, 3.05) is 39.3 Å². The smallest absolute Gasteiger partial charge is 0.260 e. The summed E-state index contributed by atoms with van der Waals surface area (Å²) in [6.07, 6.45) is 4.65. The average Bonchev–Trinajstić information content (AvgIpc) is 3.24. The minimum Gasteiger partial charge on any atom is -0.484 e. The number of piperazine rings is 1. The Kier molecular flexibility index (Phi) is 6.29. The second-order valence-corrected chi connectivity index (χ2v) is 7.24. The highest BCUT2D eigenvalue weighted by Gasteiger charge is 2.21. The summed E-state index contributed by atoms with van der Waals surface area (Å²) in [5.74, 6) is 1.22. The fourth-order valence-corrected chi connectivity index (χ4v) is 3.39. The van der Waals surface area contributed by atoms with Crippen molar-refractivity contribution in [1.29, 1.82) is 0 Å². The van der Waals surface area contributed by atoms with Crippen LogP contribution in [0, 0.1) is 0 Å². The van der Waals surface area contributed by atoms with Crippen molar-refractivity contribution < 1.29 is 9.53 Å². The van der Waals surface area contributed by atoms with Crippen molar-refractivity contribution >= 4 is 5.91 Å². The number of carbonyl (C=O) groups excluding carboxylic acids is 1. The molecule has 0 unspecified atom stereocenters. The third-order valence-corrected chi connectivity index (χ3v) is 5.17. The van der Waals surface area contributed by atoms with Crippen molar-refractivity contribution in [3.05, 3.63) is 54.4 Å². The van der Waals surface area contributed by atoms with Crippen LogP contribution < -0.4 is 4.74 Å². The van der Waals surface area contributed by atoms with E-state index in [1.165, 1.54) is 10.4 Å². The van der Waals surface area contributed by atoms with E-state index in [1.54, 1.807) is 7.05 Å². The summed E-state index contributed by atoms with van der Waals surface area (Å²) in [7, 11) is 1.72. The highest BCUT2D eigenvalue weighted by Crippen LogP contribution is 2.18. The predicted molar refractivity (Wildman–Crippen MR) is 111 cm³/mol. The molecule has 0 atom stereocenters. The zero-order valence-electron chi connectivity index (χ0n) is 17.0. The van der Waals surface area contributed by atoms with Crippen LogP contribution in [0.1, 0.15) is 5.56 Å². The van der Waals surface area contributed by atoms with Gasteiger partial charge in [0.2, 0.25) is 5.82 Å².